The lowest BCUT2D eigenvalue weighted by atomic mass is 9.82. The van der Waals surface area contributed by atoms with Gasteiger partial charge < -0.3 is 10.2 Å². The Bertz CT molecular complexity index is 788. The first-order chi connectivity index (χ1) is 12.9. The average molecular weight is 372 g/mol. The Labute approximate surface area is 157 Å². The van der Waals surface area contributed by atoms with Gasteiger partial charge in [-0.2, -0.15) is 0 Å². The van der Waals surface area contributed by atoms with Crippen LogP contribution in [0.5, 0.6) is 0 Å². The molecule has 1 aliphatic heterocycles. The third kappa shape index (κ3) is 3.10. The fourth-order valence-corrected chi connectivity index (χ4v) is 4.87. The van der Waals surface area contributed by atoms with Gasteiger partial charge >= 0.3 is 12.1 Å². The monoisotopic (exact) mass is 372 g/mol. The highest BCUT2D eigenvalue weighted by Gasteiger charge is 2.54. The van der Waals surface area contributed by atoms with Gasteiger partial charge in [0.25, 0.3) is 0 Å². The van der Waals surface area contributed by atoms with Crippen LogP contribution in [0.4, 0.5) is 10.5 Å². The van der Waals surface area contributed by atoms with Crippen LogP contribution in [0.2, 0.25) is 0 Å². The second kappa shape index (κ2) is 6.64. The summed E-state index contributed by atoms with van der Waals surface area (Å²) in [6.07, 6.45) is 3.08. The molecule has 7 nitrogen and oxygen atoms in total. The summed E-state index contributed by atoms with van der Waals surface area (Å²) >= 11 is 0. The number of nitrogens with zero attached hydrogens (tertiary/aromatic N) is 1. The molecule has 0 saturated heterocycles. The second-order valence-corrected chi connectivity index (χ2v) is 7.89. The Morgan fingerprint density at radius 2 is 1.85 bits per heavy atom. The number of hydrogen-bond donors (Lipinski definition) is 3. The minimum atomic E-state index is -0.963. The molecular weight excluding hydrogens is 348 g/mol. The summed E-state index contributed by atoms with van der Waals surface area (Å²) < 4.78 is 0. The molecule has 4 rings (SSSR count). The largest absolute Gasteiger partial charge is 0.481 e. The molecule has 1 heterocycles. The van der Waals surface area contributed by atoms with Gasteiger partial charge in [-0.3, -0.25) is 19.8 Å². The molecule has 144 valence electrons. The van der Waals surface area contributed by atoms with Crippen molar-refractivity contribution in [2.24, 2.45) is 5.92 Å². The van der Waals surface area contributed by atoms with Crippen molar-refractivity contribution in [2.45, 2.75) is 62.6 Å². The molecule has 0 radical (unpaired) electrons. The normalized spacial score (nSPS) is 27.6. The van der Waals surface area contributed by atoms with Crippen LogP contribution in [0.3, 0.4) is 0 Å². The van der Waals surface area contributed by atoms with E-state index in [1.807, 2.05) is 24.3 Å². The lowest BCUT2D eigenvalue weighted by Crippen LogP contribution is -2.53. The van der Waals surface area contributed by atoms with E-state index < -0.39 is 17.6 Å². The topological polar surface area (TPSA) is 107 Å². The summed E-state index contributed by atoms with van der Waals surface area (Å²) in [6, 6.07) is 7.34. The maximum Gasteiger partial charge on any atom is 0.412 e. The van der Waals surface area contributed by atoms with Crippen molar-refractivity contribution in [2.75, 3.05) is 4.90 Å². The van der Waals surface area contributed by atoms with Crippen LogP contribution >= 0.6 is 0 Å². The van der Waals surface area contributed by atoms with Gasteiger partial charge in [-0.15, -0.1) is 0 Å². The number of carbonyl (C=O) groups excluding carboxylic acids is 1. The van der Waals surface area contributed by atoms with Gasteiger partial charge in [0.15, 0.2) is 5.78 Å². The minimum Gasteiger partial charge on any atom is -0.481 e. The first-order valence-corrected chi connectivity index (χ1v) is 9.57. The number of fused-ring (bicyclic) bond motifs is 2. The van der Waals surface area contributed by atoms with Crippen LogP contribution in [0.15, 0.2) is 24.3 Å². The Kier molecular flexibility index (Phi) is 4.42. The van der Waals surface area contributed by atoms with Gasteiger partial charge in [-0.1, -0.05) is 24.6 Å². The van der Waals surface area contributed by atoms with Gasteiger partial charge in [0, 0.05) is 18.5 Å². The number of carboxylic acid groups (broad SMARTS) is 2. The zero-order valence-electron chi connectivity index (χ0n) is 15.1. The number of ketones is 1. The molecule has 2 aliphatic carbocycles. The van der Waals surface area contributed by atoms with E-state index in [0.717, 1.165) is 24.8 Å². The van der Waals surface area contributed by atoms with Crippen LogP contribution < -0.4 is 10.2 Å². The average Bonchev–Trinajstić information content (AvgIpc) is 3.27. The first kappa shape index (κ1) is 18.0. The summed E-state index contributed by atoms with van der Waals surface area (Å²) in [5.74, 6) is -0.881. The lowest BCUT2D eigenvalue weighted by Gasteiger charge is -2.43. The van der Waals surface area contributed by atoms with Crippen molar-refractivity contribution in [3.05, 3.63) is 29.8 Å². The van der Waals surface area contributed by atoms with Crippen molar-refractivity contribution >= 4 is 23.5 Å². The maximum absolute atomic E-state index is 12.7. The fraction of sp³-hybridized carbons (Fsp3) is 0.550. The molecule has 27 heavy (non-hydrogen) atoms. The predicted molar refractivity (Wildman–Crippen MR) is 97.8 cm³/mol. The van der Waals surface area contributed by atoms with Gasteiger partial charge in [0.05, 0.1) is 17.6 Å². The number of anilines is 1. The number of benzene rings is 1. The summed E-state index contributed by atoms with van der Waals surface area (Å²) in [7, 11) is 0. The van der Waals surface area contributed by atoms with Gasteiger partial charge in [-0.05, 0) is 43.2 Å². The van der Waals surface area contributed by atoms with E-state index in [0.29, 0.717) is 18.5 Å². The predicted octanol–water partition coefficient (Wildman–Crippen LogP) is 2.95. The molecule has 2 fully saturated rings. The highest BCUT2D eigenvalue weighted by molar-refractivity contribution is 5.93. The van der Waals surface area contributed by atoms with Crippen molar-refractivity contribution in [1.29, 1.82) is 0 Å². The summed E-state index contributed by atoms with van der Waals surface area (Å²) in [5, 5.41) is 22.2. The van der Waals surface area contributed by atoms with Gasteiger partial charge in [0.1, 0.15) is 0 Å². The number of carbonyl (C=O) groups is 3. The molecule has 2 saturated carbocycles. The third-order valence-corrected chi connectivity index (χ3v) is 6.31. The Morgan fingerprint density at radius 3 is 2.52 bits per heavy atom. The highest BCUT2D eigenvalue weighted by atomic mass is 16.4. The fourth-order valence-electron chi connectivity index (χ4n) is 4.87. The second-order valence-electron chi connectivity index (χ2n) is 7.89. The highest BCUT2D eigenvalue weighted by Crippen LogP contribution is 2.50. The number of carboxylic acids is 1. The molecule has 0 spiro atoms. The number of rotatable bonds is 6. The van der Waals surface area contributed by atoms with Gasteiger partial charge in [0.2, 0.25) is 0 Å². The van der Waals surface area contributed by atoms with E-state index >= 15 is 0 Å². The first-order valence-electron chi connectivity index (χ1n) is 9.57. The third-order valence-electron chi connectivity index (χ3n) is 6.31. The molecule has 0 bridgehead atoms. The van der Waals surface area contributed by atoms with Crippen molar-refractivity contribution < 1.29 is 24.6 Å². The zero-order valence-corrected chi connectivity index (χ0v) is 15.1. The number of Topliss-reactive ketones (excluding diaryl/α,β-unsaturated/α-hetero) is 1. The smallest absolute Gasteiger partial charge is 0.412 e. The molecule has 3 aliphatic rings. The van der Waals surface area contributed by atoms with Crippen LogP contribution in [0.1, 0.15) is 56.6 Å². The number of nitrogens with one attached hydrogen (secondary N) is 1. The summed E-state index contributed by atoms with van der Waals surface area (Å²) in [5.41, 5.74) is 0.964. The standard InChI is InChI=1S/C20H24N2O5/c23-16(8-9-17(24)25)20(10-11-20)21-18-12-4-1-2-6-14(12)22(19(26)27)15-7-3-5-13(15)18/h1-2,4,6,13,15,18,21H,3,5,7-11H2,(H,24,25)(H,26,27). The quantitative estimate of drug-likeness (QED) is 0.709. The Balaban J connectivity index is 1.64. The van der Waals surface area contributed by atoms with E-state index in [-0.39, 0.29) is 36.6 Å². The van der Waals surface area contributed by atoms with Crippen LogP contribution in [-0.2, 0) is 9.59 Å². The number of aliphatic carboxylic acids is 1. The molecule has 3 unspecified atom stereocenters. The zero-order chi connectivity index (χ0) is 19.2. The summed E-state index contributed by atoms with van der Waals surface area (Å²) in [4.78, 5) is 36.9. The molecule has 1 aromatic rings. The summed E-state index contributed by atoms with van der Waals surface area (Å²) in [6.45, 7) is 0. The molecule has 1 amide bonds. The molecule has 7 heteroatoms. The van der Waals surface area contributed by atoms with E-state index in [9.17, 15) is 19.5 Å². The van der Waals surface area contributed by atoms with E-state index in [2.05, 4.69) is 5.32 Å². The van der Waals surface area contributed by atoms with Crippen LogP contribution in [0.25, 0.3) is 0 Å². The van der Waals surface area contributed by atoms with Crippen molar-refractivity contribution in [3.8, 4) is 0 Å². The number of hydrogen-bond acceptors (Lipinski definition) is 4. The molecular formula is C20H24N2O5. The molecule has 0 aromatic heterocycles. The molecule has 1 aromatic carbocycles. The molecule has 3 atom stereocenters. The maximum atomic E-state index is 12.7. The minimum absolute atomic E-state index is 0.0338. The molecule has 3 N–H and O–H groups in total. The van der Waals surface area contributed by atoms with Crippen molar-refractivity contribution in [3.63, 3.8) is 0 Å². The Hall–Kier alpha value is -2.41. The van der Waals surface area contributed by atoms with Gasteiger partial charge in [-0.25, -0.2) is 4.79 Å². The lowest BCUT2D eigenvalue weighted by molar-refractivity contribution is -0.139. The van der Waals surface area contributed by atoms with E-state index in [4.69, 9.17) is 5.11 Å². The van der Waals surface area contributed by atoms with E-state index in [1.165, 1.54) is 4.90 Å². The number of para-hydroxylation sites is 1. The van der Waals surface area contributed by atoms with Crippen molar-refractivity contribution in [1.82, 2.24) is 5.32 Å². The number of amides is 1. The SMILES string of the molecule is O=C(O)CCC(=O)C1(NC2c3ccccc3N(C(=O)O)C3CCCC23)CC1. The van der Waals surface area contributed by atoms with Crippen LogP contribution in [0, 0.1) is 5.92 Å². The Morgan fingerprint density at radius 1 is 1.11 bits per heavy atom. The van der Waals surface area contributed by atoms with Crippen LogP contribution in [-0.4, -0.2) is 39.6 Å². The van der Waals surface area contributed by atoms with E-state index in [1.54, 1.807) is 0 Å².